The van der Waals surface area contributed by atoms with Crippen LogP contribution in [0.15, 0.2) is 17.2 Å². The van der Waals surface area contributed by atoms with E-state index in [0.29, 0.717) is 6.04 Å². The summed E-state index contributed by atoms with van der Waals surface area (Å²) in [5.74, 6) is 4.65. The van der Waals surface area contributed by atoms with Crippen molar-refractivity contribution in [2.45, 2.75) is 31.8 Å². The van der Waals surface area contributed by atoms with E-state index in [1.807, 2.05) is 5.43 Å². The summed E-state index contributed by atoms with van der Waals surface area (Å²) in [5, 5.41) is 0. The van der Waals surface area contributed by atoms with Crippen LogP contribution in [0.25, 0.3) is 0 Å². The number of imidazole rings is 1. The van der Waals surface area contributed by atoms with Crippen LogP contribution in [0.3, 0.4) is 0 Å². The molecule has 1 amide bonds. The Labute approximate surface area is 86.6 Å². The van der Waals surface area contributed by atoms with Crippen molar-refractivity contribution in [2.24, 2.45) is 5.84 Å². The Balaban J connectivity index is 2.28. The molecule has 0 spiro atoms. The molecule has 1 aliphatic rings. The number of nitrogens with one attached hydrogen (secondary N) is 1. The molecule has 3 N–H and O–H groups in total. The van der Waals surface area contributed by atoms with Crippen LogP contribution >= 0.6 is 0 Å². The van der Waals surface area contributed by atoms with Crippen LogP contribution in [-0.4, -0.2) is 15.0 Å². The van der Waals surface area contributed by atoms with E-state index >= 15 is 0 Å². The molecule has 1 saturated carbocycles. The smallest absolute Gasteiger partial charge is 0.296 e. The van der Waals surface area contributed by atoms with Crippen molar-refractivity contribution in [2.75, 3.05) is 0 Å². The van der Waals surface area contributed by atoms with Gasteiger partial charge in [0, 0.05) is 18.4 Å². The highest BCUT2D eigenvalue weighted by Gasteiger charge is 2.27. The summed E-state index contributed by atoms with van der Waals surface area (Å²) in [4.78, 5) is 23.1. The van der Waals surface area contributed by atoms with Crippen LogP contribution in [0.2, 0.25) is 0 Å². The summed E-state index contributed by atoms with van der Waals surface area (Å²) in [6.07, 6.45) is 5.43. The van der Waals surface area contributed by atoms with Crippen LogP contribution < -0.4 is 17.0 Å². The number of nitrogens with zero attached hydrogens (tertiary/aromatic N) is 2. The minimum atomic E-state index is -0.567. The number of rotatable bonds is 3. The predicted octanol–water partition coefficient (Wildman–Crippen LogP) is -0.464. The van der Waals surface area contributed by atoms with E-state index in [2.05, 4.69) is 0 Å². The summed E-state index contributed by atoms with van der Waals surface area (Å²) in [6, 6.07) is -0.241. The first-order chi connectivity index (χ1) is 7.15. The molecule has 2 rings (SSSR count). The van der Waals surface area contributed by atoms with Gasteiger partial charge in [-0.2, -0.15) is 0 Å². The van der Waals surface area contributed by atoms with Crippen LogP contribution in [0.1, 0.15) is 31.8 Å². The summed E-state index contributed by atoms with van der Waals surface area (Å²) in [7, 11) is 0. The average Bonchev–Trinajstić information content (AvgIpc) is 3.01. The highest BCUT2D eigenvalue weighted by Crippen LogP contribution is 2.33. The van der Waals surface area contributed by atoms with Crippen molar-refractivity contribution in [3.05, 3.63) is 22.9 Å². The van der Waals surface area contributed by atoms with Crippen molar-refractivity contribution in [1.82, 2.24) is 14.6 Å². The summed E-state index contributed by atoms with van der Waals surface area (Å²) >= 11 is 0. The monoisotopic (exact) mass is 210 g/mol. The topological polar surface area (TPSA) is 82.1 Å². The third-order valence-electron chi connectivity index (χ3n) is 2.71. The molecule has 6 nitrogen and oxygen atoms in total. The lowest BCUT2D eigenvalue weighted by Gasteiger charge is -2.09. The van der Waals surface area contributed by atoms with Crippen molar-refractivity contribution in [1.29, 1.82) is 0 Å². The molecular weight excluding hydrogens is 196 g/mol. The number of carbonyl (C=O) groups is 1. The predicted molar refractivity (Wildman–Crippen MR) is 54.0 cm³/mol. The van der Waals surface area contributed by atoms with Gasteiger partial charge in [-0.1, -0.05) is 0 Å². The van der Waals surface area contributed by atoms with Crippen LogP contribution in [-0.2, 0) is 4.79 Å². The van der Waals surface area contributed by atoms with E-state index in [1.54, 1.807) is 23.9 Å². The molecule has 1 unspecified atom stereocenters. The Hall–Kier alpha value is -1.56. The number of nitrogens with two attached hydrogens (primary N) is 1. The molecule has 1 fully saturated rings. The van der Waals surface area contributed by atoms with Gasteiger partial charge in [-0.15, -0.1) is 0 Å². The minimum Gasteiger partial charge on any atom is -0.296 e. The standard InChI is InChI=1S/C9H14N4O2/c1-6(8(14)11-10)12-4-5-13(9(12)15)7-2-3-7/h4-7H,2-3,10H2,1H3,(H,11,14). The number of hydrogen-bond acceptors (Lipinski definition) is 3. The number of amides is 1. The average molecular weight is 210 g/mol. The first-order valence-electron chi connectivity index (χ1n) is 4.94. The number of aromatic nitrogens is 2. The van der Waals surface area contributed by atoms with Crippen LogP contribution in [0, 0.1) is 0 Å². The van der Waals surface area contributed by atoms with E-state index in [4.69, 9.17) is 5.84 Å². The summed E-state index contributed by atoms with van der Waals surface area (Å²) < 4.78 is 3.06. The lowest BCUT2D eigenvalue weighted by Crippen LogP contribution is -2.39. The lowest BCUT2D eigenvalue weighted by atomic mass is 10.3. The molecule has 0 aliphatic heterocycles. The molecule has 1 aliphatic carbocycles. The molecule has 0 bridgehead atoms. The van der Waals surface area contributed by atoms with Gasteiger partial charge in [-0.25, -0.2) is 10.6 Å². The first-order valence-corrected chi connectivity index (χ1v) is 4.94. The molecule has 1 heterocycles. The lowest BCUT2D eigenvalue weighted by molar-refractivity contribution is -0.124. The highest BCUT2D eigenvalue weighted by molar-refractivity contribution is 5.79. The third kappa shape index (κ3) is 1.68. The molecule has 0 radical (unpaired) electrons. The van der Waals surface area contributed by atoms with Gasteiger partial charge in [-0.05, 0) is 19.8 Å². The Morgan fingerprint density at radius 1 is 1.60 bits per heavy atom. The number of hydrazine groups is 1. The maximum Gasteiger partial charge on any atom is 0.329 e. The Bertz CT molecular complexity index is 430. The molecule has 6 heteroatoms. The Morgan fingerprint density at radius 3 is 2.80 bits per heavy atom. The van der Waals surface area contributed by atoms with Crippen LogP contribution in [0.5, 0.6) is 0 Å². The van der Waals surface area contributed by atoms with Crippen molar-refractivity contribution >= 4 is 5.91 Å². The number of hydrogen-bond donors (Lipinski definition) is 2. The zero-order valence-electron chi connectivity index (χ0n) is 8.51. The van der Waals surface area contributed by atoms with Crippen LogP contribution in [0.4, 0.5) is 0 Å². The molecule has 0 aromatic carbocycles. The van der Waals surface area contributed by atoms with Crippen molar-refractivity contribution in [3.8, 4) is 0 Å². The second-order valence-corrected chi connectivity index (χ2v) is 3.81. The van der Waals surface area contributed by atoms with Gasteiger partial charge in [0.1, 0.15) is 6.04 Å². The Morgan fingerprint density at radius 2 is 2.27 bits per heavy atom. The second kappa shape index (κ2) is 3.54. The zero-order valence-corrected chi connectivity index (χ0v) is 8.51. The zero-order chi connectivity index (χ0) is 11.0. The fourth-order valence-electron chi connectivity index (χ4n) is 1.58. The number of carbonyl (C=O) groups excluding carboxylic acids is 1. The second-order valence-electron chi connectivity index (χ2n) is 3.81. The molecule has 15 heavy (non-hydrogen) atoms. The van der Waals surface area contributed by atoms with Gasteiger partial charge in [0.25, 0.3) is 5.91 Å². The highest BCUT2D eigenvalue weighted by atomic mass is 16.2. The molecule has 1 aromatic heterocycles. The summed E-state index contributed by atoms with van der Waals surface area (Å²) in [6.45, 7) is 1.64. The maximum absolute atomic E-state index is 11.8. The van der Waals surface area contributed by atoms with E-state index in [-0.39, 0.29) is 11.6 Å². The van der Waals surface area contributed by atoms with Gasteiger partial charge >= 0.3 is 5.69 Å². The van der Waals surface area contributed by atoms with Gasteiger partial charge < -0.3 is 0 Å². The van der Waals surface area contributed by atoms with Crippen molar-refractivity contribution < 1.29 is 4.79 Å². The molecular formula is C9H14N4O2. The van der Waals surface area contributed by atoms with E-state index < -0.39 is 6.04 Å². The largest absolute Gasteiger partial charge is 0.329 e. The third-order valence-corrected chi connectivity index (χ3v) is 2.71. The fraction of sp³-hybridized carbons (Fsp3) is 0.556. The quantitative estimate of drug-likeness (QED) is 0.402. The van der Waals surface area contributed by atoms with E-state index in [9.17, 15) is 9.59 Å². The normalized spacial score (nSPS) is 17.5. The molecule has 0 saturated heterocycles. The van der Waals surface area contributed by atoms with Gasteiger partial charge in [-0.3, -0.25) is 19.4 Å². The molecule has 82 valence electrons. The Kier molecular flexibility index (Phi) is 2.36. The fourth-order valence-corrected chi connectivity index (χ4v) is 1.58. The maximum atomic E-state index is 11.8. The van der Waals surface area contributed by atoms with Gasteiger partial charge in [0.15, 0.2) is 0 Å². The molecule has 1 aromatic rings. The van der Waals surface area contributed by atoms with Gasteiger partial charge in [0.2, 0.25) is 0 Å². The van der Waals surface area contributed by atoms with Gasteiger partial charge in [0.05, 0.1) is 0 Å². The van der Waals surface area contributed by atoms with E-state index in [1.165, 1.54) is 4.57 Å². The first kappa shape index (κ1) is 9.97. The van der Waals surface area contributed by atoms with E-state index in [0.717, 1.165) is 12.8 Å². The SMILES string of the molecule is CC(C(=O)NN)n1ccn(C2CC2)c1=O. The minimum absolute atomic E-state index is 0.145. The molecule has 1 atom stereocenters. The summed E-state index contributed by atoms with van der Waals surface area (Å²) in [5.41, 5.74) is 1.89. The van der Waals surface area contributed by atoms with Crippen molar-refractivity contribution in [3.63, 3.8) is 0 Å².